The summed E-state index contributed by atoms with van der Waals surface area (Å²) in [6, 6.07) is 20.4. The van der Waals surface area contributed by atoms with Crippen molar-refractivity contribution in [1.82, 2.24) is 9.88 Å². The SMILES string of the molecule is COc1ccc(SNc2cncc(-c3ccc(-c4ccc5c(c4)CN(C)C5=O)s3)c2)cc1. The maximum absolute atomic E-state index is 12.1. The molecule has 0 unspecified atom stereocenters. The van der Waals surface area contributed by atoms with Crippen LogP contribution in [0.1, 0.15) is 15.9 Å². The number of anilines is 1. The lowest BCUT2D eigenvalue weighted by molar-refractivity contribution is 0.0816. The van der Waals surface area contributed by atoms with Crippen molar-refractivity contribution < 1.29 is 9.53 Å². The molecule has 32 heavy (non-hydrogen) atoms. The number of nitrogens with zero attached hydrogens (tertiary/aromatic N) is 2. The quantitative estimate of drug-likeness (QED) is 0.348. The number of fused-ring (bicyclic) bond motifs is 1. The van der Waals surface area contributed by atoms with Gasteiger partial charge in [-0.25, -0.2) is 0 Å². The number of carbonyl (C=O) groups is 1. The number of hydrogen-bond donors (Lipinski definition) is 1. The van der Waals surface area contributed by atoms with Crippen LogP contribution in [0, 0.1) is 0 Å². The maximum atomic E-state index is 12.1. The fourth-order valence-electron chi connectivity index (χ4n) is 3.66. The topological polar surface area (TPSA) is 54.5 Å². The van der Waals surface area contributed by atoms with E-state index in [1.807, 2.05) is 55.8 Å². The van der Waals surface area contributed by atoms with Crippen LogP contribution in [0.3, 0.4) is 0 Å². The van der Waals surface area contributed by atoms with E-state index < -0.39 is 0 Å². The summed E-state index contributed by atoms with van der Waals surface area (Å²) in [5.74, 6) is 0.940. The van der Waals surface area contributed by atoms with Crippen LogP contribution in [0.2, 0.25) is 0 Å². The van der Waals surface area contributed by atoms with Gasteiger partial charge >= 0.3 is 0 Å². The van der Waals surface area contributed by atoms with Gasteiger partial charge in [0.25, 0.3) is 5.91 Å². The molecule has 1 aliphatic heterocycles. The van der Waals surface area contributed by atoms with Crippen LogP contribution in [-0.4, -0.2) is 29.9 Å². The Labute approximate surface area is 195 Å². The van der Waals surface area contributed by atoms with Gasteiger partial charge in [-0.05, 0) is 77.7 Å². The first kappa shape index (κ1) is 20.6. The van der Waals surface area contributed by atoms with Crippen LogP contribution >= 0.6 is 23.3 Å². The lowest BCUT2D eigenvalue weighted by Crippen LogP contribution is -2.17. The first-order valence-electron chi connectivity index (χ1n) is 10.1. The molecule has 2 aromatic carbocycles. The summed E-state index contributed by atoms with van der Waals surface area (Å²) in [5, 5.41) is 0. The number of hydrogen-bond acceptors (Lipinski definition) is 6. The molecule has 0 atom stereocenters. The summed E-state index contributed by atoms with van der Waals surface area (Å²) in [6.45, 7) is 0.670. The average Bonchev–Trinajstić information content (AvgIpc) is 3.43. The van der Waals surface area contributed by atoms with Crippen molar-refractivity contribution in [1.29, 1.82) is 0 Å². The number of aromatic nitrogens is 1. The Morgan fingerprint density at radius 2 is 1.78 bits per heavy atom. The van der Waals surface area contributed by atoms with Gasteiger partial charge in [0.15, 0.2) is 0 Å². The average molecular weight is 460 g/mol. The van der Waals surface area contributed by atoms with Crippen molar-refractivity contribution in [2.24, 2.45) is 0 Å². The van der Waals surface area contributed by atoms with Crippen molar-refractivity contribution in [2.75, 3.05) is 18.9 Å². The second-order valence-corrected chi connectivity index (χ2v) is 9.50. The minimum atomic E-state index is 0.0984. The third-order valence-electron chi connectivity index (χ3n) is 5.35. The molecule has 0 radical (unpaired) electrons. The highest BCUT2D eigenvalue weighted by atomic mass is 32.2. The van der Waals surface area contributed by atoms with Crippen molar-refractivity contribution in [2.45, 2.75) is 11.4 Å². The van der Waals surface area contributed by atoms with Gasteiger partial charge in [-0.2, -0.15) is 0 Å². The first-order valence-corrected chi connectivity index (χ1v) is 11.7. The highest BCUT2D eigenvalue weighted by molar-refractivity contribution is 8.00. The summed E-state index contributed by atoms with van der Waals surface area (Å²) in [6.07, 6.45) is 3.71. The van der Waals surface area contributed by atoms with E-state index in [0.29, 0.717) is 6.54 Å². The van der Waals surface area contributed by atoms with Gasteiger partial charge in [-0.15, -0.1) is 11.3 Å². The molecule has 1 amide bonds. The van der Waals surface area contributed by atoms with E-state index in [4.69, 9.17) is 4.74 Å². The highest BCUT2D eigenvalue weighted by Gasteiger charge is 2.24. The second kappa shape index (κ2) is 8.68. The summed E-state index contributed by atoms with van der Waals surface area (Å²) in [4.78, 5) is 21.7. The Bertz CT molecular complexity index is 1280. The van der Waals surface area contributed by atoms with Crippen LogP contribution in [0.25, 0.3) is 20.9 Å². The molecule has 0 fully saturated rings. The van der Waals surface area contributed by atoms with E-state index >= 15 is 0 Å². The number of thiophene rings is 1. The zero-order valence-electron chi connectivity index (χ0n) is 17.7. The lowest BCUT2D eigenvalue weighted by Gasteiger charge is -2.07. The third kappa shape index (κ3) is 4.09. The number of pyridine rings is 1. The molecule has 1 aliphatic rings. The normalized spacial score (nSPS) is 12.7. The molecular formula is C25H21N3O2S2. The van der Waals surface area contributed by atoms with E-state index in [2.05, 4.69) is 34.0 Å². The smallest absolute Gasteiger partial charge is 0.254 e. The number of benzene rings is 2. The lowest BCUT2D eigenvalue weighted by atomic mass is 10.1. The second-order valence-electron chi connectivity index (χ2n) is 7.54. The van der Waals surface area contributed by atoms with Crippen LogP contribution in [0.4, 0.5) is 5.69 Å². The number of nitrogens with one attached hydrogen (secondary N) is 1. The molecule has 0 saturated heterocycles. The zero-order chi connectivity index (χ0) is 22.1. The molecular weight excluding hydrogens is 438 g/mol. The fraction of sp³-hybridized carbons (Fsp3) is 0.120. The van der Waals surface area contributed by atoms with Gasteiger partial charge in [0, 0.05) is 45.6 Å². The summed E-state index contributed by atoms with van der Waals surface area (Å²) in [7, 11) is 3.50. The molecule has 0 saturated carbocycles. The van der Waals surface area contributed by atoms with E-state index in [-0.39, 0.29) is 5.91 Å². The minimum absolute atomic E-state index is 0.0984. The molecule has 7 heteroatoms. The largest absolute Gasteiger partial charge is 0.497 e. The minimum Gasteiger partial charge on any atom is -0.497 e. The van der Waals surface area contributed by atoms with Crippen molar-refractivity contribution in [3.05, 3.63) is 84.2 Å². The summed E-state index contributed by atoms with van der Waals surface area (Å²) in [5.41, 5.74) is 5.05. The third-order valence-corrected chi connectivity index (χ3v) is 7.38. The van der Waals surface area contributed by atoms with E-state index in [0.717, 1.165) is 43.5 Å². The summed E-state index contributed by atoms with van der Waals surface area (Å²) < 4.78 is 8.57. The van der Waals surface area contributed by atoms with Gasteiger partial charge in [0.2, 0.25) is 0 Å². The van der Waals surface area contributed by atoms with Crippen LogP contribution < -0.4 is 9.46 Å². The van der Waals surface area contributed by atoms with Gasteiger partial charge in [0.05, 0.1) is 19.0 Å². The monoisotopic (exact) mass is 459 g/mol. The Hall–Kier alpha value is -3.29. The molecule has 0 spiro atoms. The summed E-state index contributed by atoms with van der Waals surface area (Å²) >= 11 is 3.26. The number of ether oxygens (including phenoxy) is 1. The molecule has 0 aliphatic carbocycles. The van der Waals surface area contributed by atoms with E-state index in [1.165, 1.54) is 16.8 Å². The Balaban J connectivity index is 1.32. The molecule has 4 aromatic rings. The predicted octanol–water partition coefficient (Wildman–Crippen LogP) is 6.19. The van der Waals surface area contributed by atoms with E-state index in [9.17, 15) is 4.79 Å². The molecule has 5 nitrogen and oxygen atoms in total. The number of methoxy groups -OCH3 is 1. The fourth-order valence-corrected chi connectivity index (χ4v) is 5.26. The van der Waals surface area contributed by atoms with Crippen LogP contribution in [0.15, 0.2) is 78.0 Å². The molecule has 0 bridgehead atoms. The Morgan fingerprint density at radius 3 is 2.56 bits per heavy atom. The van der Waals surface area contributed by atoms with E-state index in [1.54, 1.807) is 23.3 Å². The van der Waals surface area contributed by atoms with Gasteiger partial charge in [-0.3, -0.25) is 9.78 Å². The number of carbonyl (C=O) groups excluding carboxylic acids is 1. The number of amides is 1. The molecule has 3 heterocycles. The van der Waals surface area contributed by atoms with Crippen molar-refractivity contribution >= 4 is 34.9 Å². The number of rotatable bonds is 6. The zero-order valence-corrected chi connectivity index (χ0v) is 19.3. The first-order chi connectivity index (χ1) is 15.6. The predicted molar refractivity (Wildman–Crippen MR) is 131 cm³/mol. The van der Waals surface area contributed by atoms with Crippen LogP contribution in [-0.2, 0) is 6.54 Å². The van der Waals surface area contributed by atoms with Gasteiger partial charge < -0.3 is 14.4 Å². The highest BCUT2D eigenvalue weighted by Crippen LogP contribution is 2.37. The van der Waals surface area contributed by atoms with Crippen molar-refractivity contribution in [3.63, 3.8) is 0 Å². The Kier molecular flexibility index (Phi) is 5.59. The van der Waals surface area contributed by atoms with Crippen LogP contribution in [0.5, 0.6) is 5.75 Å². The molecule has 2 aromatic heterocycles. The molecule has 160 valence electrons. The maximum Gasteiger partial charge on any atom is 0.254 e. The van der Waals surface area contributed by atoms with Gasteiger partial charge in [0.1, 0.15) is 5.75 Å². The van der Waals surface area contributed by atoms with Gasteiger partial charge in [-0.1, -0.05) is 6.07 Å². The Morgan fingerprint density at radius 1 is 1.00 bits per heavy atom. The molecule has 1 N–H and O–H groups in total. The van der Waals surface area contributed by atoms with Crippen molar-refractivity contribution in [3.8, 4) is 26.6 Å². The molecule has 5 rings (SSSR count). The standard InChI is InChI=1S/C25H21N3O2S2/c1-28-15-18-11-16(3-8-22(18)25(28)29)23-9-10-24(31-23)17-12-19(14-26-13-17)27-32-21-6-4-20(30-2)5-7-21/h3-14,27H,15H2,1-2H3.